The molecule has 4 aromatic carbocycles. The van der Waals surface area contributed by atoms with Gasteiger partial charge in [-0.2, -0.15) is 0 Å². The smallest absolute Gasteiger partial charge is 0.546 e. The van der Waals surface area contributed by atoms with E-state index in [1.165, 1.54) is 0 Å². The number of Topliss-reactive ketones (excluding diaryl/α,β-unsaturated/α-hetero) is 2. The number of ether oxygens (including phenoxy) is 2. The Kier molecular flexibility index (Phi) is 12.4. The molecule has 0 aliphatic heterocycles. The largest absolute Gasteiger partial charge is 2.00 e. The molecule has 2 aliphatic rings. The monoisotopic (exact) mass is 766 g/mol. The predicted molar refractivity (Wildman–Crippen MR) is 183 cm³/mol. The molecule has 0 amide bonds. The second-order valence-electron chi connectivity index (χ2n) is 11.8. The topological polar surface area (TPSA) is 133 Å². The van der Waals surface area contributed by atoms with Gasteiger partial charge in [0.2, 0.25) is 0 Å². The van der Waals surface area contributed by atoms with Crippen LogP contribution in [0, 0.1) is 0 Å². The fourth-order valence-corrected chi connectivity index (χ4v) is 7.12. The van der Waals surface area contributed by atoms with Gasteiger partial charge in [-0.1, -0.05) is 107 Å². The molecule has 2 aliphatic carbocycles. The molecule has 2 unspecified atom stereocenters. The van der Waals surface area contributed by atoms with E-state index < -0.39 is 36.0 Å². The molecule has 0 saturated heterocycles. The van der Waals surface area contributed by atoms with E-state index in [9.17, 15) is 29.4 Å². The average Bonchev–Trinajstić information content (AvgIpc) is 3.49. The van der Waals surface area contributed by atoms with E-state index in [-0.39, 0.29) is 80.9 Å². The molecule has 2 atom stereocenters. The molecule has 6 rings (SSSR count). The first-order valence-corrected chi connectivity index (χ1v) is 16.1. The molecule has 248 valence electrons. The Morgan fingerprint density at radius 2 is 0.959 bits per heavy atom. The number of hydrogen-bond donors (Lipinski definition) is 0. The first-order valence-electron chi connectivity index (χ1n) is 14.6. The van der Waals surface area contributed by atoms with Crippen LogP contribution in [0.5, 0.6) is 11.5 Å². The molecule has 0 N–H and O–H groups in total. The van der Waals surface area contributed by atoms with Crippen LogP contribution in [-0.4, -0.2) is 74.5 Å². The molecule has 0 spiro atoms. The second-order valence-corrected chi connectivity index (χ2v) is 13.3. The Labute approximate surface area is 332 Å². The minimum absolute atomic E-state index is 0. The van der Waals surface area contributed by atoms with Gasteiger partial charge in [-0.15, -0.1) is 0 Å². The Bertz CT molecular complexity index is 1810. The van der Waals surface area contributed by atoms with Crippen LogP contribution in [0.1, 0.15) is 56.8 Å². The molecular weight excluding hydrogens is 742 g/mol. The summed E-state index contributed by atoms with van der Waals surface area (Å²) in [4.78, 5) is 47.1. The molecule has 0 bridgehead atoms. The summed E-state index contributed by atoms with van der Waals surface area (Å²) in [6, 6.07) is 22.0. The normalized spacial score (nSPS) is 18.8. The summed E-state index contributed by atoms with van der Waals surface area (Å²) in [5, 5.41) is 21.4. The van der Waals surface area contributed by atoms with Crippen molar-refractivity contribution >= 4 is 108 Å². The third kappa shape index (κ3) is 7.61. The summed E-state index contributed by atoms with van der Waals surface area (Å²) < 4.78 is 10.2. The maximum absolute atomic E-state index is 13.0. The first kappa shape index (κ1) is 39.0. The zero-order valence-electron chi connectivity index (χ0n) is 26.2. The maximum Gasteiger partial charge on any atom is 2.00 e. The second kappa shape index (κ2) is 15.6. The number of carbonyl (C=O) groups excluding carboxylic acids is 4. The van der Waals surface area contributed by atoms with Gasteiger partial charge >= 0.3 is 37.7 Å². The van der Waals surface area contributed by atoms with Gasteiger partial charge in [0, 0.05) is 11.1 Å². The van der Waals surface area contributed by atoms with Crippen molar-refractivity contribution < 1.29 is 38.9 Å². The summed E-state index contributed by atoms with van der Waals surface area (Å²) >= 11 is 24.8. The summed E-state index contributed by atoms with van der Waals surface area (Å²) in [7, 11) is 0. The van der Waals surface area contributed by atoms with Crippen LogP contribution in [-0.2, 0) is 33.3 Å². The Morgan fingerprint density at radius 3 is 1.27 bits per heavy atom. The minimum Gasteiger partial charge on any atom is -0.546 e. The standard InChI is InChI=1S/2C18H14Cl2O4.Ca/c2*1-18(11-5-3-2-4-6-11)8-10-7-12(24-9-13(21)22)15(19)16(20)14(10)17(18)23;/h2*2-7H,8-9H2,1H3,(H,21,22);/q;;+2/p-2. The van der Waals surface area contributed by atoms with Crippen LogP contribution in [0.4, 0.5) is 0 Å². The molecule has 4 aromatic rings. The van der Waals surface area contributed by atoms with E-state index in [4.69, 9.17) is 55.9 Å². The Morgan fingerprint density at radius 1 is 0.633 bits per heavy atom. The molecule has 49 heavy (non-hydrogen) atoms. The minimum atomic E-state index is -1.37. The molecule has 8 nitrogen and oxygen atoms in total. The van der Waals surface area contributed by atoms with Crippen molar-refractivity contribution in [2.45, 2.75) is 37.5 Å². The Hall–Kier alpha value is -2.82. The molecule has 0 heterocycles. The molecule has 0 radical (unpaired) electrons. The van der Waals surface area contributed by atoms with E-state index in [1.54, 1.807) is 12.1 Å². The van der Waals surface area contributed by atoms with Crippen LogP contribution < -0.4 is 19.7 Å². The van der Waals surface area contributed by atoms with Crippen LogP contribution in [0.15, 0.2) is 72.8 Å². The van der Waals surface area contributed by atoms with Gasteiger partial charge in [-0.05, 0) is 61.1 Å². The third-order valence-corrected chi connectivity index (χ3v) is 10.3. The van der Waals surface area contributed by atoms with Gasteiger partial charge in [0.25, 0.3) is 0 Å². The molecule has 0 aromatic heterocycles. The quantitative estimate of drug-likeness (QED) is 0.222. The van der Waals surface area contributed by atoms with Crippen molar-refractivity contribution in [3.63, 3.8) is 0 Å². The van der Waals surface area contributed by atoms with Gasteiger partial charge in [0.1, 0.15) is 34.8 Å². The zero-order chi connectivity index (χ0) is 35.0. The Balaban J connectivity index is 0.000000216. The van der Waals surface area contributed by atoms with Crippen molar-refractivity contribution in [2.24, 2.45) is 0 Å². The number of carboxylic acids is 2. The maximum atomic E-state index is 13.0. The van der Waals surface area contributed by atoms with Gasteiger partial charge in [0.05, 0.1) is 32.8 Å². The van der Waals surface area contributed by atoms with E-state index in [1.807, 2.05) is 74.5 Å². The number of benzene rings is 4. The number of carboxylic acid groups (broad SMARTS) is 2. The number of halogens is 4. The van der Waals surface area contributed by atoms with Crippen LogP contribution in [0.3, 0.4) is 0 Å². The first-order chi connectivity index (χ1) is 22.7. The van der Waals surface area contributed by atoms with Gasteiger partial charge in [-0.3, -0.25) is 9.59 Å². The van der Waals surface area contributed by atoms with Crippen molar-refractivity contribution in [1.82, 2.24) is 0 Å². The van der Waals surface area contributed by atoms with Crippen molar-refractivity contribution in [2.75, 3.05) is 13.2 Å². The average molecular weight is 768 g/mol. The number of fused-ring (bicyclic) bond motifs is 2. The zero-order valence-corrected chi connectivity index (χ0v) is 31.5. The van der Waals surface area contributed by atoms with Crippen LogP contribution in [0.2, 0.25) is 20.1 Å². The molecule has 0 fully saturated rings. The fourth-order valence-electron chi connectivity index (χ4n) is 6.11. The molecule has 0 saturated carbocycles. The van der Waals surface area contributed by atoms with Crippen molar-refractivity contribution in [3.8, 4) is 11.5 Å². The van der Waals surface area contributed by atoms with Gasteiger partial charge in [0.15, 0.2) is 11.6 Å². The van der Waals surface area contributed by atoms with E-state index in [2.05, 4.69) is 0 Å². The van der Waals surface area contributed by atoms with Crippen molar-refractivity contribution in [1.29, 1.82) is 0 Å². The van der Waals surface area contributed by atoms with Crippen molar-refractivity contribution in [3.05, 3.63) is 126 Å². The summed E-state index contributed by atoms with van der Waals surface area (Å²) in [6.07, 6.45) is 0.869. The summed E-state index contributed by atoms with van der Waals surface area (Å²) in [5.74, 6) is -2.69. The summed E-state index contributed by atoms with van der Waals surface area (Å²) in [5.41, 5.74) is 2.39. The van der Waals surface area contributed by atoms with E-state index in [0.29, 0.717) is 35.1 Å². The summed E-state index contributed by atoms with van der Waals surface area (Å²) in [6.45, 7) is 2.44. The fraction of sp³-hybridized carbons (Fsp3) is 0.222. The third-order valence-electron chi connectivity index (χ3n) is 8.57. The van der Waals surface area contributed by atoms with Gasteiger partial charge in [-0.25, -0.2) is 0 Å². The molecule has 13 heteroatoms. The van der Waals surface area contributed by atoms with E-state index >= 15 is 0 Å². The number of ketones is 2. The van der Waals surface area contributed by atoms with E-state index in [0.717, 1.165) is 11.1 Å². The molecular formula is C36H26CaCl4O8. The van der Waals surface area contributed by atoms with Crippen LogP contribution in [0.25, 0.3) is 0 Å². The van der Waals surface area contributed by atoms with Crippen LogP contribution >= 0.6 is 46.4 Å². The number of rotatable bonds is 8. The van der Waals surface area contributed by atoms with Gasteiger partial charge < -0.3 is 29.3 Å². The number of carbonyl (C=O) groups is 4. The SMILES string of the molecule is CC1(c2ccccc2)Cc2cc(OCC(=O)[O-])c(Cl)c(Cl)c2C1=O.CC1(c2ccccc2)Cc2cc(OCC(=O)[O-])c(Cl)c(Cl)c2C1=O.[Ca+2]. The number of hydrogen-bond acceptors (Lipinski definition) is 8. The predicted octanol–water partition coefficient (Wildman–Crippen LogP) is 5.26. The number of aliphatic carboxylic acids is 2.